The van der Waals surface area contributed by atoms with Crippen molar-refractivity contribution >= 4 is 39.5 Å². The first-order chi connectivity index (χ1) is 45.2. The van der Waals surface area contributed by atoms with Gasteiger partial charge in [0.15, 0.2) is 12.2 Å². The Morgan fingerprint density at radius 1 is 0.287 bits per heavy atom. The fraction of sp³-hybridized carbons (Fsp3) is 0.947. The van der Waals surface area contributed by atoms with Gasteiger partial charge in [0.1, 0.15) is 19.3 Å². The third-order valence-corrected chi connectivity index (χ3v) is 19.3. The zero-order valence-electron chi connectivity index (χ0n) is 61.4. The van der Waals surface area contributed by atoms with Gasteiger partial charge in [-0.05, 0) is 43.4 Å². The largest absolute Gasteiger partial charge is 0.472 e. The number of esters is 4. The quantitative estimate of drug-likeness (QED) is 0.0222. The van der Waals surface area contributed by atoms with Crippen molar-refractivity contribution < 1.29 is 80.2 Å². The molecule has 0 saturated heterocycles. The molecular weight excluding hydrogens is 1230 g/mol. The van der Waals surface area contributed by atoms with Gasteiger partial charge >= 0.3 is 39.5 Å². The molecule has 0 bridgehead atoms. The van der Waals surface area contributed by atoms with Crippen LogP contribution in [0.3, 0.4) is 0 Å². The van der Waals surface area contributed by atoms with Gasteiger partial charge in [-0.2, -0.15) is 0 Å². The van der Waals surface area contributed by atoms with Crippen LogP contribution in [0.4, 0.5) is 0 Å². The molecule has 17 nitrogen and oxygen atoms in total. The van der Waals surface area contributed by atoms with E-state index in [1.54, 1.807) is 0 Å². The van der Waals surface area contributed by atoms with E-state index >= 15 is 0 Å². The monoisotopic (exact) mass is 1380 g/mol. The molecule has 19 heteroatoms. The van der Waals surface area contributed by atoms with E-state index in [2.05, 4.69) is 48.5 Å². The molecule has 558 valence electrons. The molecule has 0 aromatic rings. The van der Waals surface area contributed by atoms with Crippen LogP contribution in [0.25, 0.3) is 0 Å². The molecule has 0 saturated carbocycles. The second-order valence-electron chi connectivity index (χ2n) is 28.5. The number of rotatable bonds is 73. The minimum atomic E-state index is -4.96. The summed E-state index contributed by atoms with van der Waals surface area (Å²) in [6.07, 6.45) is 51.4. The number of hydrogen-bond acceptors (Lipinski definition) is 15. The molecule has 0 aliphatic heterocycles. The predicted molar refractivity (Wildman–Crippen MR) is 381 cm³/mol. The molecule has 0 fully saturated rings. The van der Waals surface area contributed by atoms with Gasteiger partial charge in [0.05, 0.1) is 26.4 Å². The number of aliphatic hydroxyl groups is 1. The van der Waals surface area contributed by atoms with E-state index in [-0.39, 0.29) is 25.7 Å². The van der Waals surface area contributed by atoms with Crippen molar-refractivity contribution in [2.45, 2.75) is 401 Å². The summed E-state index contributed by atoms with van der Waals surface area (Å²) in [6.45, 7) is 11.9. The van der Waals surface area contributed by atoms with Gasteiger partial charge in [-0.15, -0.1) is 0 Å². The molecule has 0 aromatic carbocycles. The SMILES string of the molecule is CCCCCCCCCCCC(=O)OC[C@H](COP(=O)(O)OC[C@H](O)COP(=O)(O)OC[C@@H](COC(=O)CCCCCCCCCCCCCCCCC(C)C)OC(=O)CCCCCCCCCCCCCCCCC(C)C)OC(=O)CCCCCCCCCCC(C)C. The number of phosphoric ester groups is 2. The van der Waals surface area contributed by atoms with Crippen molar-refractivity contribution in [3.05, 3.63) is 0 Å². The average Bonchev–Trinajstić information content (AvgIpc) is 1.40. The molecule has 5 atom stereocenters. The molecular formula is C75H146O17P2. The number of aliphatic hydroxyl groups excluding tert-OH is 1. The number of carbonyl (C=O) groups excluding carboxylic acids is 4. The minimum Gasteiger partial charge on any atom is -0.462 e. The average molecular weight is 1380 g/mol. The third kappa shape index (κ3) is 68.6. The summed E-state index contributed by atoms with van der Waals surface area (Å²) in [7, 11) is -9.91. The van der Waals surface area contributed by atoms with Gasteiger partial charge in [-0.25, -0.2) is 9.13 Å². The highest BCUT2D eigenvalue weighted by atomic mass is 31.2. The molecule has 0 heterocycles. The molecule has 0 rings (SSSR count). The molecule has 3 N–H and O–H groups in total. The maximum absolute atomic E-state index is 13.1. The Morgan fingerprint density at radius 2 is 0.489 bits per heavy atom. The Morgan fingerprint density at radius 3 is 0.723 bits per heavy atom. The van der Waals surface area contributed by atoms with Crippen LogP contribution in [-0.4, -0.2) is 96.7 Å². The summed E-state index contributed by atoms with van der Waals surface area (Å²) in [4.78, 5) is 72.7. The van der Waals surface area contributed by atoms with Crippen molar-refractivity contribution in [1.29, 1.82) is 0 Å². The van der Waals surface area contributed by atoms with Crippen molar-refractivity contribution in [1.82, 2.24) is 0 Å². The Kier molecular flexibility index (Phi) is 64.3. The van der Waals surface area contributed by atoms with E-state index in [1.165, 1.54) is 193 Å². The van der Waals surface area contributed by atoms with Gasteiger partial charge in [0, 0.05) is 25.7 Å². The van der Waals surface area contributed by atoms with Crippen LogP contribution in [0.5, 0.6) is 0 Å². The lowest BCUT2D eigenvalue weighted by Gasteiger charge is -2.21. The summed E-state index contributed by atoms with van der Waals surface area (Å²) < 4.78 is 68.4. The summed E-state index contributed by atoms with van der Waals surface area (Å²) in [5.74, 6) is 0.191. The van der Waals surface area contributed by atoms with Crippen molar-refractivity contribution in [2.24, 2.45) is 17.8 Å². The molecule has 94 heavy (non-hydrogen) atoms. The normalized spacial score (nSPS) is 14.1. The second kappa shape index (κ2) is 65.7. The smallest absolute Gasteiger partial charge is 0.462 e. The van der Waals surface area contributed by atoms with Crippen molar-refractivity contribution in [2.75, 3.05) is 39.6 Å². The van der Waals surface area contributed by atoms with E-state index in [4.69, 9.17) is 37.0 Å². The first-order valence-corrected chi connectivity index (χ1v) is 41.8. The summed E-state index contributed by atoms with van der Waals surface area (Å²) in [6, 6.07) is 0. The lowest BCUT2D eigenvalue weighted by Crippen LogP contribution is -2.30. The molecule has 2 unspecified atom stereocenters. The van der Waals surface area contributed by atoms with Crippen LogP contribution in [0.2, 0.25) is 0 Å². The van der Waals surface area contributed by atoms with Crippen LogP contribution >= 0.6 is 15.6 Å². The maximum Gasteiger partial charge on any atom is 0.472 e. The fourth-order valence-corrected chi connectivity index (χ4v) is 13.0. The lowest BCUT2D eigenvalue weighted by molar-refractivity contribution is -0.161. The van der Waals surface area contributed by atoms with Crippen LogP contribution in [0.1, 0.15) is 382 Å². The molecule has 0 aliphatic rings. The molecule has 0 aliphatic carbocycles. The Bertz CT molecular complexity index is 1840. The second-order valence-corrected chi connectivity index (χ2v) is 31.4. The minimum absolute atomic E-state index is 0.104. The zero-order valence-corrected chi connectivity index (χ0v) is 63.2. The summed E-state index contributed by atoms with van der Waals surface area (Å²) in [5.41, 5.74) is 0. The highest BCUT2D eigenvalue weighted by Crippen LogP contribution is 2.45. The van der Waals surface area contributed by atoms with Crippen LogP contribution in [0, 0.1) is 17.8 Å². The maximum atomic E-state index is 13.1. The molecule has 0 spiro atoms. The van der Waals surface area contributed by atoms with E-state index in [9.17, 15) is 43.2 Å². The van der Waals surface area contributed by atoms with Crippen molar-refractivity contribution in [3.8, 4) is 0 Å². The Balaban J connectivity index is 5.22. The summed E-state index contributed by atoms with van der Waals surface area (Å²) >= 11 is 0. The lowest BCUT2D eigenvalue weighted by atomic mass is 10.0. The van der Waals surface area contributed by atoms with E-state index in [0.29, 0.717) is 25.7 Å². The topological polar surface area (TPSA) is 237 Å². The van der Waals surface area contributed by atoms with Crippen molar-refractivity contribution in [3.63, 3.8) is 0 Å². The number of carbonyl (C=O) groups is 4. The van der Waals surface area contributed by atoms with Gasteiger partial charge in [-0.3, -0.25) is 37.3 Å². The van der Waals surface area contributed by atoms with Gasteiger partial charge in [-0.1, -0.05) is 331 Å². The van der Waals surface area contributed by atoms with Crippen LogP contribution in [0.15, 0.2) is 0 Å². The van der Waals surface area contributed by atoms with Gasteiger partial charge in [0.2, 0.25) is 0 Å². The number of phosphoric acid groups is 2. The third-order valence-electron chi connectivity index (χ3n) is 17.4. The Hall–Kier alpha value is -1.94. The zero-order chi connectivity index (χ0) is 69.4. The first kappa shape index (κ1) is 92.1. The number of unbranched alkanes of at least 4 members (excludes halogenated alkanes) is 41. The van der Waals surface area contributed by atoms with E-state index in [1.807, 2.05) is 0 Å². The highest BCUT2D eigenvalue weighted by Gasteiger charge is 2.30. The van der Waals surface area contributed by atoms with E-state index < -0.39 is 97.5 Å². The standard InChI is InChI=1S/C75H146O17P2/c1-8-9-10-11-12-25-35-42-49-56-72(77)85-62-71(92-75(80)59-52-45-38-31-30-34-41-48-55-68(6)7)65-90-94(83,84)88-61-69(76)60-87-93(81,82)89-64-70(91-74(79)58-51-44-37-29-24-20-16-14-18-22-27-33-40-47-54-67(4)5)63-86-73(78)57-50-43-36-28-23-19-15-13-17-21-26-32-39-46-53-66(2)3/h66-71,76H,8-65H2,1-7H3,(H,81,82)(H,83,84)/t69-,70-,71-/m1/s1. The molecule has 0 aromatic heterocycles. The summed E-state index contributed by atoms with van der Waals surface area (Å²) in [5, 5.41) is 10.6. The van der Waals surface area contributed by atoms with Gasteiger partial charge < -0.3 is 33.8 Å². The number of hydrogen-bond donors (Lipinski definition) is 3. The Labute approximate surface area is 575 Å². The van der Waals surface area contributed by atoms with E-state index in [0.717, 1.165) is 108 Å². The first-order valence-electron chi connectivity index (χ1n) is 38.8. The van der Waals surface area contributed by atoms with Gasteiger partial charge in [0.25, 0.3) is 0 Å². The van der Waals surface area contributed by atoms with Crippen LogP contribution in [-0.2, 0) is 65.4 Å². The highest BCUT2D eigenvalue weighted by molar-refractivity contribution is 7.47. The van der Waals surface area contributed by atoms with Crippen LogP contribution < -0.4 is 0 Å². The fourth-order valence-electron chi connectivity index (χ4n) is 11.4. The predicted octanol–water partition coefficient (Wildman–Crippen LogP) is 21.8. The molecule has 0 radical (unpaired) electrons. The number of ether oxygens (including phenoxy) is 4. The molecule has 0 amide bonds.